The molecule has 10 heteroatoms. The Morgan fingerprint density at radius 3 is 2.55 bits per heavy atom. The van der Waals surface area contributed by atoms with Crippen LogP contribution in [0.15, 0.2) is 17.5 Å². The maximum absolute atomic E-state index is 12.1. The molecule has 3 amide bonds. The molecule has 0 bridgehead atoms. The molecule has 1 aromatic heterocycles. The highest BCUT2D eigenvalue weighted by molar-refractivity contribution is 7.10. The van der Waals surface area contributed by atoms with Gasteiger partial charge < -0.3 is 25.0 Å². The number of hydrogen-bond donors (Lipinski definition) is 2. The molecule has 1 atom stereocenters. The number of esters is 1. The van der Waals surface area contributed by atoms with Gasteiger partial charge in [0.05, 0.1) is 19.1 Å². The number of likely N-dealkylation sites (tertiary alicyclic amines) is 1. The van der Waals surface area contributed by atoms with Crippen molar-refractivity contribution in [3.05, 3.63) is 22.4 Å². The van der Waals surface area contributed by atoms with Crippen LogP contribution in [0, 0.1) is 0 Å². The molecular weight excluding hydrogens is 398 g/mol. The first-order chi connectivity index (χ1) is 13.9. The minimum Gasteiger partial charge on any atom is -0.456 e. The molecule has 1 aromatic rings. The molecule has 0 saturated carbocycles. The van der Waals surface area contributed by atoms with Crippen molar-refractivity contribution in [2.24, 2.45) is 0 Å². The van der Waals surface area contributed by atoms with E-state index in [-0.39, 0.29) is 37.0 Å². The Balaban J connectivity index is 1.71. The first-order valence-electron chi connectivity index (χ1n) is 9.56. The van der Waals surface area contributed by atoms with Crippen molar-refractivity contribution < 1.29 is 28.7 Å². The molecule has 1 fully saturated rings. The van der Waals surface area contributed by atoms with Crippen LogP contribution in [-0.2, 0) is 23.9 Å². The predicted molar refractivity (Wildman–Crippen MR) is 106 cm³/mol. The van der Waals surface area contributed by atoms with E-state index in [0.29, 0.717) is 32.5 Å². The molecule has 2 rings (SSSR count). The van der Waals surface area contributed by atoms with E-state index in [0.717, 1.165) is 4.88 Å². The van der Waals surface area contributed by atoms with Crippen LogP contribution in [0.4, 0.5) is 4.79 Å². The van der Waals surface area contributed by atoms with Crippen LogP contribution in [0.3, 0.4) is 0 Å². The lowest BCUT2D eigenvalue weighted by Crippen LogP contribution is -2.47. The highest BCUT2D eigenvalue weighted by atomic mass is 32.1. The van der Waals surface area contributed by atoms with Gasteiger partial charge in [0.1, 0.15) is 0 Å². The van der Waals surface area contributed by atoms with E-state index in [1.807, 2.05) is 17.5 Å². The normalized spacial score (nSPS) is 15.3. The second-order valence-corrected chi connectivity index (χ2v) is 7.64. The number of thiophene rings is 1. The van der Waals surface area contributed by atoms with Crippen molar-refractivity contribution in [2.75, 3.05) is 26.3 Å². The van der Waals surface area contributed by atoms with Crippen molar-refractivity contribution in [3.8, 4) is 0 Å². The van der Waals surface area contributed by atoms with Gasteiger partial charge in [-0.2, -0.15) is 0 Å². The molecule has 1 aliphatic heterocycles. The molecule has 1 unspecified atom stereocenters. The summed E-state index contributed by atoms with van der Waals surface area (Å²) in [6, 6.07) is 3.11. The smallest absolute Gasteiger partial charge is 0.409 e. The molecular formula is C19H27N3O6S. The third kappa shape index (κ3) is 7.72. The summed E-state index contributed by atoms with van der Waals surface area (Å²) < 4.78 is 10.0. The fourth-order valence-electron chi connectivity index (χ4n) is 3.02. The molecule has 1 aliphatic rings. The van der Waals surface area contributed by atoms with E-state index >= 15 is 0 Å². The second-order valence-electron chi connectivity index (χ2n) is 6.66. The Bertz CT molecular complexity index is 701. The number of carbonyl (C=O) groups excluding carboxylic acids is 4. The van der Waals surface area contributed by atoms with E-state index in [2.05, 4.69) is 10.6 Å². The number of piperidine rings is 1. The van der Waals surface area contributed by atoms with Gasteiger partial charge in [-0.15, -0.1) is 11.3 Å². The van der Waals surface area contributed by atoms with Crippen molar-refractivity contribution in [3.63, 3.8) is 0 Å². The Labute approximate surface area is 173 Å². The van der Waals surface area contributed by atoms with Crippen LogP contribution in [0.1, 0.15) is 44.0 Å². The highest BCUT2D eigenvalue weighted by Gasteiger charge is 2.25. The minimum atomic E-state index is -0.565. The van der Waals surface area contributed by atoms with Gasteiger partial charge in [0.15, 0.2) is 6.61 Å². The molecule has 29 heavy (non-hydrogen) atoms. The van der Waals surface area contributed by atoms with Gasteiger partial charge in [0.25, 0.3) is 5.91 Å². The Morgan fingerprint density at radius 1 is 1.24 bits per heavy atom. The third-order valence-electron chi connectivity index (χ3n) is 4.39. The summed E-state index contributed by atoms with van der Waals surface area (Å²) in [7, 11) is 0. The Kier molecular flexibility index (Phi) is 8.91. The SMILES string of the molecule is CCOC(=O)N1CCC(NC(=O)COC(=O)CC(NC(C)=O)c2cccs2)CC1. The summed E-state index contributed by atoms with van der Waals surface area (Å²) >= 11 is 1.43. The van der Waals surface area contributed by atoms with E-state index in [1.54, 1.807) is 11.8 Å². The van der Waals surface area contributed by atoms with E-state index < -0.39 is 12.0 Å². The molecule has 0 aromatic carbocycles. The maximum Gasteiger partial charge on any atom is 0.409 e. The predicted octanol–water partition coefficient (Wildman–Crippen LogP) is 1.60. The van der Waals surface area contributed by atoms with E-state index in [1.165, 1.54) is 18.3 Å². The first kappa shape index (κ1) is 22.7. The molecule has 2 N–H and O–H groups in total. The summed E-state index contributed by atoms with van der Waals surface area (Å²) in [5.74, 6) is -1.20. The zero-order valence-corrected chi connectivity index (χ0v) is 17.5. The summed E-state index contributed by atoms with van der Waals surface area (Å²) in [6.07, 6.45) is 0.833. The lowest BCUT2D eigenvalue weighted by molar-refractivity contribution is -0.149. The first-order valence-corrected chi connectivity index (χ1v) is 10.4. The van der Waals surface area contributed by atoms with Gasteiger partial charge in [-0.3, -0.25) is 14.4 Å². The number of nitrogens with zero attached hydrogens (tertiary/aromatic N) is 1. The zero-order valence-electron chi connectivity index (χ0n) is 16.6. The standard InChI is InChI=1S/C19H27N3O6S/c1-3-27-19(26)22-8-6-14(7-9-22)21-17(24)12-28-18(25)11-15(20-13(2)23)16-5-4-10-29-16/h4-5,10,14-15H,3,6-9,11-12H2,1-2H3,(H,20,23)(H,21,24). The minimum absolute atomic E-state index is 0.0503. The number of nitrogens with one attached hydrogen (secondary N) is 2. The number of ether oxygens (including phenoxy) is 2. The van der Waals surface area contributed by atoms with Crippen molar-refractivity contribution in [1.29, 1.82) is 0 Å². The quantitative estimate of drug-likeness (QED) is 0.612. The van der Waals surface area contributed by atoms with Gasteiger partial charge in [-0.25, -0.2) is 4.79 Å². The number of carbonyl (C=O) groups is 4. The second kappa shape index (κ2) is 11.4. The van der Waals surface area contributed by atoms with Gasteiger partial charge in [0.2, 0.25) is 5.91 Å². The van der Waals surface area contributed by atoms with Gasteiger partial charge in [0, 0.05) is 30.9 Å². The van der Waals surface area contributed by atoms with E-state index in [9.17, 15) is 19.2 Å². The molecule has 0 aliphatic carbocycles. The fraction of sp³-hybridized carbons (Fsp3) is 0.579. The van der Waals surface area contributed by atoms with Crippen LogP contribution >= 0.6 is 11.3 Å². The van der Waals surface area contributed by atoms with Crippen LogP contribution in [-0.4, -0.2) is 61.1 Å². The molecule has 0 radical (unpaired) electrons. The summed E-state index contributed by atoms with van der Waals surface area (Å²) in [5, 5.41) is 7.39. The topological polar surface area (TPSA) is 114 Å². The number of rotatable bonds is 8. The molecule has 0 spiro atoms. The molecule has 2 heterocycles. The van der Waals surface area contributed by atoms with Crippen molar-refractivity contribution in [2.45, 2.75) is 45.2 Å². The lowest BCUT2D eigenvalue weighted by Gasteiger charge is -2.31. The monoisotopic (exact) mass is 425 g/mol. The average Bonchev–Trinajstić information content (AvgIpc) is 3.21. The van der Waals surface area contributed by atoms with E-state index in [4.69, 9.17) is 9.47 Å². The van der Waals surface area contributed by atoms with Crippen LogP contribution in [0.25, 0.3) is 0 Å². The van der Waals surface area contributed by atoms with Crippen molar-refractivity contribution in [1.82, 2.24) is 15.5 Å². The summed E-state index contributed by atoms with van der Waals surface area (Å²) in [6.45, 7) is 4.09. The van der Waals surface area contributed by atoms with Gasteiger partial charge in [-0.1, -0.05) is 6.07 Å². The van der Waals surface area contributed by atoms with Gasteiger partial charge in [-0.05, 0) is 31.2 Å². The number of amides is 3. The zero-order chi connectivity index (χ0) is 21.2. The number of hydrogen-bond acceptors (Lipinski definition) is 7. The lowest BCUT2D eigenvalue weighted by atomic mass is 10.1. The Morgan fingerprint density at radius 2 is 1.97 bits per heavy atom. The fourth-order valence-corrected chi connectivity index (χ4v) is 3.80. The largest absolute Gasteiger partial charge is 0.456 e. The van der Waals surface area contributed by atoms with Gasteiger partial charge >= 0.3 is 12.1 Å². The molecule has 160 valence electrons. The maximum atomic E-state index is 12.1. The Hall–Kier alpha value is -2.62. The van der Waals surface area contributed by atoms with Crippen LogP contribution in [0.2, 0.25) is 0 Å². The van der Waals surface area contributed by atoms with Crippen LogP contribution in [0.5, 0.6) is 0 Å². The third-order valence-corrected chi connectivity index (χ3v) is 5.37. The summed E-state index contributed by atoms with van der Waals surface area (Å²) in [5.41, 5.74) is 0. The highest BCUT2D eigenvalue weighted by Crippen LogP contribution is 2.22. The summed E-state index contributed by atoms with van der Waals surface area (Å²) in [4.78, 5) is 49.7. The molecule has 1 saturated heterocycles. The average molecular weight is 426 g/mol. The van der Waals surface area contributed by atoms with Crippen LogP contribution < -0.4 is 10.6 Å². The molecule has 9 nitrogen and oxygen atoms in total. The van der Waals surface area contributed by atoms with Crippen molar-refractivity contribution >= 4 is 35.2 Å².